The lowest BCUT2D eigenvalue weighted by molar-refractivity contribution is 0.247. The molecule has 0 heterocycles. The molecule has 2 aromatic rings. The molecule has 0 saturated carbocycles. The SMILES string of the molecule is N#CCNC(=O)N(Cc1ccccc1)c1ccccc1. The topological polar surface area (TPSA) is 56.1 Å². The van der Waals surface area contributed by atoms with Crippen LogP contribution in [0.15, 0.2) is 60.7 Å². The maximum atomic E-state index is 12.2. The Morgan fingerprint density at radius 1 is 1.05 bits per heavy atom. The second-order valence-corrected chi connectivity index (χ2v) is 4.22. The molecule has 0 atom stereocenters. The van der Waals surface area contributed by atoms with Crippen LogP contribution in [0.5, 0.6) is 0 Å². The molecule has 0 unspecified atom stereocenters. The van der Waals surface area contributed by atoms with Gasteiger partial charge in [0.25, 0.3) is 0 Å². The monoisotopic (exact) mass is 265 g/mol. The Hall–Kier alpha value is -2.80. The second-order valence-electron chi connectivity index (χ2n) is 4.22. The highest BCUT2D eigenvalue weighted by Gasteiger charge is 2.15. The fourth-order valence-electron chi connectivity index (χ4n) is 1.86. The van der Waals surface area contributed by atoms with Gasteiger partial charge in [-0.15, -0.1) is 0 Å². The van der Waals surface area contributed by atoms with E-state index in [9.17, 15) is 4.79 Å². The standard InChI is InChI=1S/C16H15N3O/c17-11-12-18-16(20)19(15-9-5-2-6-10-15)13-14-7-3-1-4-8-14/h1-10H,12-13H2,(H,18,20). The van der Waals surface area contributed by atoms with Gasteiger partial charge in [0.2, 0.25) is 0 Å². The summed E-state index contributed by atoms with van der Waals surface area (Å²) in [7, 11) is 0. The van der Waals surface area contributed by atoms with E-state index in [0.29, 0.717) is 6.54 Å². The highest BCUT2D eigenvalue weighted by atomic mass is 16.2. The van der Waals surface area contributed by atoms with Crippen LogP contribution in [0.25, 0.3) is 0 Å². The Morgan fingerprint density at radius 2 is 1.65 bits per heavy atom. The first kappa shape index (κ1) is 13.6. The number of hydrogen-bond donors (Lipinski definition) is 1. The third-order valence-corrected chi connectivity index (χ3v) is 2.82. The molecule has 4 heteroatoms. The van der Waals surface area contributed by atoms with Crippen molar-refractivity contribution in [2.24, 2.45) is 0 Å². The zero-order chi connectivity index (χ0) is 14.2. The summed E-state index contributed by atoms with van der Waals surface area (Å²) in [5, 5.41) is 11.2. The fraction of sp³-hybridized carbons (Fsp3) is 0.125. The molecular weight excluding hydrogens is 250 g/mol. The van der Waals surface area contributed by atoms with Gasteiger partial charge in [-0.1, -0.05) is 48.5 Å². The lowest BCUT2D eigenvalue weighted by atomic mass is 10.2. The zero-order valence-electron chi connectivity index (χ0n) is 11.0. The predicted molar refractivity (Wildman–Crippen MR) is 78.1 cm³/mol. The van der Waals surface area contributed by atoms with Crippen molar-refractivity contribution < 1.29 is 4.79 Å². The highest BCUT2D eigenvalue weighted by molar-refractivity contribution is 5.91. The molecule has 2 amide bonds. The van der Waals surface area contributed by atoms with Crippen LogP contribution in [-0.2, 0) is 6.54 Å². The largest absolute Gasteiger partial charge is 0.325 e. The molecule has 0 radical (unpaired) electrons. The molecule has 0 aliphatic carbocycles. The molecule has 0 aliphatic heterocycles. The third-order valence-electron chi connectivity index (χ3n) is 2.82. The molecule has 0 saturated heterocycles. The molecular formula is C16H15N3O. The first-order valence-corrected chi connectivity index (χ1v) is 6.32. The molecule has 1 N–H and O–H groups in total. The Balaban J connectivity index is 2.21. The van der Waals surface area contributed by atoms with Crippen LogP contribution in [0.2, 0.25) is 0 Å². The number of carbonyl (C=O) groups excluding carboxylic acids is 1. The zero-order valence-corrected chi connectivity index (χ0v) is 11.0. The Morgan fingerprint density at radius 3 is 2.25 bits per heavy atom. The van der Waals surface area contributed by atoms with Crippen molar-refractivity contribution in [3.63, 3.8) is 0 Å². The first-order chi connectivity index (χ1) is 9.81. The van der Waals surface area contributed by atoms with Crippen LogP contribution < -0.4 is 10.2 Å². The number of nitriles is 1. The number of rotatable bonds is 4. The Kier molecular flexibility index (Phi) is 4.74. The smallest absolute Gasteiger partial charge is 0.323 e. The van der Waals surface area contributed by atoms with E-state index in [-0.39, 0.29) is 12.6 Å². The van der Waals surface area contributed by atoms with Crippen molar-refractivity contribution in [1.82, 2.24) is 5.32 Å². The minimum atomic E-state index is -0.276. The molecule has 0 aliphatic rings. The lowest BCUT2D eigenvalue weighted by Gasteiger charge is -2.22. The number of nitrogens with zero attached hydrogens (tertiary/aromatic N) is 2. The summed E-state index contributed by atoms with van der Waals surface area (Å²) in [5.74, 6) is 0. The van der Waals surface area contributed by atoms with Crippen molar-refractivity contribution in [3.05, 3.63) is 66.2 Å². The number of carbonyl (C=O) groups is 1. The van der Waals surface area contributed by atoms with E-state index in [4.69, 9.17) is 5.26 Å². The summed E-state index contributed by atoms with van der Waals surface area (Å²) in [6.07, 6.45) is 0. The number of benzene rings is 2. The number of nitrogens with one attached hydrogen (secondary N) is 1. The van der Waals surface area contributed by atoms with E-state index in [2.05, 4.69) is 5.32 Å². The summed E-state index contributed by atoms with van der Waals surface area (Å²) in [6, 6.07) is 20.8. The van der Waals surface area contributed by atoms with Crippen LogP contribution in [0, 0.1) is 11.3 Å². The Labute approximate surface area is 118 Å². The van der Waals surface area contributed by atoms with Gasteiger partial charge in [-0.3, -0.25) is 4.90 Å². The van der Waals surface area contributed by atoms with Crippen molar-refractivity contribution in [2.75, 3.05) is 11.4 Å². The van der Waals surface area contributed by atoms with E-state index >= 15 is 0 Å². The maximum absolute atomic E-state index is 12.2. The van der Waals surface area contributed by atoms with Gasteiger partial charge in [0, 0.05) is 5.69 Å². The molecule has 0 aromatic heterocycles. The van der Waals surface area contributed by atoms with Gasteiger partial charge in [0.15, 0.2) is 0 Å². The van der Waals surface area contributed by atoms with E-state index in [0.717, 1.165) is 11.3 Å². The molecule has 100 valence electrons. The van der Waals surface area contributed by atoms with E-state index in [1.165, 1.54) is 0 Å². The van der Waals surface area contributed by atoms with Crippen LogP contribution >= 0.6 is 0 Å². The number of para-hydroxylation sites is 1. The highest BCUT2D eigenvalue weighted by Crippen LogP contribution is 2.16. The van der Waals surface area contributed by atoms with Gasteiger partial charge in [-0.2, -0.15) is 5.26 Å². The number of amides is 2. The fourth-order valence-corrected chi connectivity index (χ4v) is 1.86. The van der Waals surface area contributed by atoms with Gasteiger partial charge in [0.05, 0.1) is 12.6 Å². The average Bonchev–Trinajstić information content (AvgIpc) is 2.52. The molecule has 4 nitrogen and oxygen atoms in total. The summed E-state index contributed by atoms with van der Waals surface area (Å²) in [5.41, 5.74) is 1.83. The maximum Gasteiger partial charge on any atom is 0.323 e. The third kappa shape index (κ3) is 3.59. The Bertz CT molecular complexity index is 590. The molecule has 0 spiro atoms. The summed E-state index contributed by atoms with van der Waals surface area (Å²) >= 11 is 0. The van der Waals surface area contributed by atoms with Crippen molar-refractivity contribution in [3.8, 4) is 6.07 Å². The molecule has 2 aromatic carbocycles. The van der Waals surface area contributed by atoms with Crippen LogP contribution in [-0.4, -0.2) is 12.6 Å². The van der Waals surface area contributed by atoms with Gasteiger partial charge in [-0.05, 0) is 17.7 Å². The van der Waals surface area contributed by atoms with Gasteiger partial charge < -0.3 is 5.32 Å². The van der Waals surface area contributed by atoms with Gasteiger partial charge in [0.1, 0.15) is 6.54 Å². The first-order valence-electron chi connectivity index (χ1n) is 6.32. The van der Waals surface area contributed by atoms with Crippen molar-refractivity contribution >= 4 is 11.7 Å². The minimum absolute atomic E-state index is 0.00302. The van der Waals surface area contributed by atoms with E-state index in [1.807, 2.05) is 66.7 Å². The summed E-state index contributed by atoms with van der Waals surface area (Å²) < 4.78 is 0. The summed E-state index contributed by atoms with van der Waals surface area (Å²) in [4.78, 5) is 13.8. The van der Waals surface area contributed by atoms with E-state index < -0.39 is 0 Å². The molecule has 20 heavy (non-hydrogen) atoms. The van der Waals surface area contributed by atoms with Crippen LogP contribution in [0.4, 0.5) is 10.5 Å². The van der Waals surface area contributed by atoms with Crippen LogP contribution in [0.1, 0.15) is 5.56 Å². The van der Waals surface area contributed by atoms with Crippen molar-refractivity contribution in [2.45, 2.75) is 6.54 Å². The molecule has 0 bridgehead atoms. The van der Waals surface area contributed by atoms with Gasteiger partial charge >= 0.3 is 6.03 Å². The number of hydrogen-bond acceptors (Lipinski definition) is 2. The molecule has 2 rings (SSSR count). The number of urea groups is 1. The predicted octanol–water partition coefficient (Wildman–Crippen LogP) is 2.93. The number of anilines is 1. The molecule has 0 fully saturated rings. The second kappa shape index (κ2) is 6.95. The van der Waals surface area contributed by atoms with Crippen molar-refractivity contribution in [1.29, 1.82) is 5.26 Å². The van der Waals surface area contributed by atoms with Gasteiger partial charge in [-0.25, -0.2) is 4.79 Å². The normalized spacial score (nSPS) is 9.55. The van der Waals surface area contributed by atoms with E-state index in [1.54, 1.807) is 4.90 Å². The lowest BCUT2D eigenvalue weighted by Crippen LogP contribution is -2.39. The summed E-state index contributed by atoms with van der Waals surface area (Å²) in [6.45, 7) is 0.457. The minimum Gasteiger partial charge on any atom is -0.325 e. The average molecular weight is 265 g/mol. The quantitative estimate of drug-likeness (QED) is 0.864. The van der Waals surface area contributed by atoms with Crippen LogP contribution in [0.3, 0.4) is 0 Å².